The molecule has 3 N–H and O–H groups in total. The Morgan fingerprint density at radius 3 is 2.57 bits per heavy atom. The zero-order chi connectivity index (χ0) is 19.8. The molecule has 2 aromatic carbocycles. The SMILES string of the molecule is CN=C(NCc1ccc(Sc2ccccc2)cc1)N1CCCC(CC(N)=O)C1. The van der Waals surface area contributed by atoms with Gasteiger partial charge in [0.05, 0.1) is 0 Å². The second-order valence-electron chi connectivity index (χ2n) is 7.08. The van der Waals surface area contributed by atoms with Gasteiger partial charge in [0.25, 0.3) is 0 Å². The maximum atomic E-state index is 11.2. The Morgan fingerprint density at radius 1 is 1.18 bits per heavy atom. The standard InChI is InChI=1S/C22H28N4OS/c1-24-22(26-13-5-6-18(16-26)14-21(23)27)25-15-17-9-11-20(12-10-17)28-19-7-3-2-4-8-19/h2-4,7-12,18H,5-6,13-16H2,1H3,(H2,23,27)(H,24,25). The van der Waals surface area contributed by atoms with Gasteiger partial charge < -0.3 is 16.0 Å². The van der Waals surface area contributed by atoms with Crippen molar-refractivity contribution in [1.82, 2.24) is 10.2 Å². The zero-order valence-corrected chi connectivity index (χ0v) is 17.1. The van der Waals surface area contributed by atoms with E-state index in [0.29, 0.717) is 12.3 Å². The lowest BCUT2D eigenvalue weighted by molar-refractivity contribution is -0.119. The fourth-order valence-corrected chi connectivity index (χ4v) is 4.36. The van der Waals surface area contributed by atoms with Crippen molar-refractivity contribution in [2.75, 3.05) is 20.1 Å². The quantitative estimate of drug-likeness (QED) is 0.579. The van der Waals surface area contributed by atoms with Crippen LogP contribution < -0.4 is 11.1 Å². The first kappa shape index (κ1) is 20.3. The first-order valence-corrected chi connectivity index (χ1v) is 10.5. The van der Waals surface area contributed by atoms with Crippen LogP contribution in [0.15, 0.2) is 69.4 Å². The number of carbonyl (C=O) groups is 1. The van der Waals surface area contributed by atoms with E-state index in [0.717, 1.165) is 38.4 Å². The van der Waals surface area contributed by atoms with Crippen LogP contribution in [0.5, 0.6) is 0 Å². The highest BCUT2D eigenvalue weighted by Crippen LogP contribution is 2.27. The molecule has 148 valence electrons. The Bertz CT molecular complexity index is 792. The molecule has 1 saturated heterocycles. The van der Waals surface area contributed by atoms with Crippen LogP contribution in [0.25, 0.3) is 0 Å². The third kappa shape index (κ3) is 6.02. The van der Waals surface area contributed by atoms with Crippen LogP contribution in [-0.2, 0) is 11.3 Å². The molecule has 1 amide bonds. The van der Waals surface area contributed by atoms with E-state index < -0.39 is 0 Å². The molecular formula is C22H28N4OS. The van der Waals surface area contributed by atoms with E-state index in [1.54, 1.807) is 18.8 Å². The van der Waals surface area contributed by atoms with Crippen LogP contribution in [0.4, 0.5) is 0 Å². The maximum absolute atomic E-state index is 11.2. The van der Waals surface area contributed by atoms with Gasteiger partial charge in [-0.15, -0.1) is 0 Å². The molecular weight excluding hydrogens is 368 g/mol. The van der Waals surface area contributed by atoms with Crippen molar-refractivity contribution in [2.24, 2.45) is 16.6 Å². The zero-order valence-electron chi connectivity index (χ0n) is 16.3. The molecule has 0 bridgehead atoms. The molecule has 6 heteroatoms. The van der Waals surface area contributed by atoms with Crippen molar-refractivity contribution in [3.63, 3.8) is 0 Å². The lowest BCUT2D eigenvalue weighted by Gasteiger charge is -2.34. The van der Waals surface area contributed by atoms with Gasteiger partial charge in [0, 0.05) is 42.9 Å². The Labute approximate surface area is 171 Å². The number of rotatable bonds is 6. The van der Waals surface area contributed by atoms with Crippen LogP contribution in [0, 0.1) is 5.92 Å². The number of aliphatic imine (C=N–C) groups is 1. The summed E-state index contributed by atoms with van der Waals surface area (Å²) in [5.74, 6) is 0.985. The summed E-state index contributed by atoms with van der Waals surface area (Å²) in [6.07, 6.45) is 2.56. The number of benzene rings is 2. The van der Waals surface area contributed by atoms with Crippen molar-refractivity contribution in [2.45, 2.75) is 35.6 Å². The van der Waals surface area contributed by atoms with E-state index in [9.17, 15) is 4.79 Å². The first-order chi connectivity index (χ1) is 13.6. The Balaban J connectivity index is 1.52. The molecule has 3 rings (SSSR count). The van der Waals surface area contributed by atoms with E-state index in [-0.39, 0.29) is 5.91 Å². The van der Waals surface area contributed by atoms with Gasteiger partial charge in [-0.2, -0.15) is 0 Å². The summed E-state index contributed by atoms with van der Waals surface area (Å²) in [6.45, 7) is 2.51. The van der Waals surface area contributed by atoms with Crippen molar-refractivity contribution >= 4 is 23.6 Å². The van der Waals surface area contributed by atoms with Crippen LogP contribution in [-0.4, -0.2) is 36.9 Å². The highest BCUT2D eigenvalue weighted by Gasteiger charge is 2.23. The van der Waals surface area contributed by atoms with Gasteiger partial charge >= 0.3 is 0 Å². The fraction of sp³-hybridized carbons (Fsp3) is 0.364. The molecule has 1 fully saturated rings. The number of nitrogens with one attached hydrogen (secondary N) is 1. The van der Waals surface area contributed by atoms with Gasteiger partial charge in [0.1, 0.15) is 0 Å². The molecule has 0 radical (unpaired) electrons. The third-order valence-corrected chi connectivity index (χ3v) is 5.89. The number of guanidine groups is 1. The highest BCUT2D eigenvalue weighted by molar-refractivity contribution is 7.99. The largest absolute Gasteiger partial charge is 0.370 e. The third-order valence-electron chi connectivity index (χ3n) is 4.87. The number of piperidine rings is 1. The highest BCUT2D eigenvalue weighted by atomic mass is 32.2. The van der Waals surface area contributed by atoms with E-state index in [2.05, 4.69) is 63.7 Å². The summed E-state index contributed by atoms with van der Waals surface area (Å²) in [6, 6.07) is 19.0. The smallest absolute Gasteiger partial charge is 0.217 e. The van der Waals surface area contributed by atoms with Crippen molar-refractivity contribution in [1.29, 1.82) is 0 Å². The average molecular weight is 397 g/mol. The number of hydrogen-bond acceptors (Lipinski definition) is 3. The number of likely N-dealkylation sites (tertiary alicyclic amines) is 1. The normalized spacial score (nSPS) is 17.4. The van der Waals surface area contributed by atoms with Crippen molar-refractivity contribution < 1.29 is 4.79 Å². The molecule has 1 aliphatic heterocycles. The van der Waals surface area contributed by atoms with E-state index >= 15 is 0 Å². The molecule has 28 heavy (non-hydrogen) atoms. The minimum atomic E-state index is -0.219. The van der Waals surface area contributed by atoms with Gasteiger partial charge in [0.15, 0.2) is 5.96 Å². The lowest BCUT2D eigenvalue weighted by atomic mass is 9.95. The summed E-state index contributed by atoms with van der Waals surface area (Å²) >= 11 is 1.76. The topological polar surface area (TPSA) is 70.7 Å². The predicted molar refractivity (Wildman–Crippen MR) is 115 cm³/mol. The van der Waals surface area contributed by atoms with Crippen LogP contribution in [0.2, 0.25) is 0 Å². The van der Waals surface area contributed by atoms with Crippen molar-refractivity contribution in [3.8, 4) is 0 Å². The average Bonchev–Trinajstić information content (AvgIpc) is 2.70. The Kier molecular flexibility index (Phi) is 7.37. The molecule has 0 spiro atoms. The second-order valence-corrected chi connectivity index (χ2v) is 8.23. The predicted octanol–water partition coefficient (Wildman–Crippen LogP) is 3.50. The summed E-state index contributed by atoms with van der Waals surface area (Å²) in [5, 5.41) is 3.45. The number of nitrogens with zero attached hydrogens (tertiary/aromatic N) is 2. The Morgan fingerprint density at radius 2 is 1.89 bits per heavy atom. The molecule has 5 nitrogen and oxygen atoms in total. The summed E-state index contributed by atoms with van der Waals surface area (Å²) in [4.78, 5) is 20.3. The Hall–Kier alpha value is -2.47. The summed E-state index contributed by atoms with van der Waals surface area (Å²) in [7, 11) is 1.81. The fourth-order valence-electron chi connectivity index (χ4n) is 3.52. The molecule has 1 atom stereocenters. The number of carbonyl (C=O) groups excluding carboxylic acids is 1. The van der Waals surface area contributed by atoms with Crippen molar-refractivity contribution in [3.05, 3.63) is 60.2 Å². The summed E-state index contributed by atoms with van der Waals surface area (Å²) < 4.78 is 0. The molecule has 1 heterocycles. The van der Waals surface area contributed by atoms with Gasteiger partial charge in [-0.1, -0.05) is 42.1 Å². The molecule has 1 unspecified atom stereocenters. The first-order valence-electron chi connectivity index (χ1n) is 9.70. The molecule has 2 aromatic rings. The number of amides is 1. The van der Waals surface area contributed by atoms with Gasteiger partial charge in [-0.05, 0) is 48.6 Å². The minimum absolute atomic E-state index is 0.219. The molecule has 0 saturated carbocycles. The molecule has 0 aliphatic carbocycles. The monoisotopic (exact) mass is 396 g/mol. The van der Waals surface area contributed by atoms with Crippen LogP contribution in [0.1, 0.15) is 24.8 Å². The molecule has 0 aromatic heterocycles. The van der Waals surface area contributed by atoms with Crippen LogP contribution >= 0.6 is 11.8 Å². The number of primary amides is 1. The number of nitrogens with two attached hydrogens (primary N) is 1. The van der Waals surface area contributed by atoms with E-state index in [1.807, 2.05) is 6.07 Å². The van der Waals surface area contributed by atoms with Gasteiger partial charge in [-0.25, -0.2) is 0 Å². The van der Waals surface area contributed by atoms with Gasteiger partial charge in [0.2, 0.25) is 5.91 Å². The van der Waals surface area contributed by atoms with Crippen LogP contribution in [0.3, 0.4) is 0 Å². The van der Waals surface area contributed by atoms with E-state index in [1.165, 1.54) is 15.4 Å². The van der Waals surface area contributed by atoms with Gasteiger partial charge in [-0.3, -0.25) is 9.79 Å². The molecule has 1 aliphatic rings. The van der Waals surface area contributed by atoms with E-state index in [4.69, 9.17) is 5.73 Å². The maximum Gasteiger partial charge on any atom is 0.217 e. The number of hydrogen-bond donors (Lipinski definition) is 2. The summed E-state index contributed by atoms with van der Waals surface area (Å²) in [5.41, 5.74) is 6.58. The minimum Gasteiger partial charge on any atom is -0.370 e. The second kappa shape index (κ2) is 10.2. The lowest BCUT2D eigenvalue weighted by Crippen LogP contribution is -2.46.